The number of aryl methyl sites for hydroxylation is 1. The summed E-state index contributed by atoms with van der Waals surface area (Å²) >= 11 is 0. The summed E-state index contributed by atoms with van der Waals surface area (Å²) in [6.07, 6.45) is 4.78. The average molecular weight is 233 g/mol. The monoisotopic (exact) mass is 233 g/mol. The third-order valence-corrected chi connectivity index (χ3v) is 3.67. The van der Waals surface area contributed by atoms with Crippen molar-refractivity contribution in [3.8, 4) is 5.75 Å². The Kier molecular flexibility index (Phi) is 4.29. The maximum atomic E-state index is 5.99. The predicted molar refractivity (Wildman–Crippen MR) is 72.8 cm³/mol. The minimum absolute atomic E-state index is 0.675. The largest absolute Gasteiger partial charge is 0.491 e. The van der Waals surface area contributed by atoms with Crippen molar-refractivity contribution < 1.29 is 4.74 Å². The van der Waals surface area contributed by atoms with Crippen LogP contribution in [0.25, 0.3) is 0 Å². The molecule has 94 valence electrons. The van der Waals surface area contributed by atoms with E-state index in [1.807, 2.05) is 0 Å². The van der Waals surface area contributed by atoms with Gasteiger partial charge in [0.15, 0.2) is 0 Å². The average Bonchev–Trinajstić information content (AvgIpc) is 2.40. The van der Waals surface area contributed by atoms with Crippen LogP contribution >= 0.6 is 0 Å². The van der Waals surface area contributed by atoms with Crippen LogP contribution in [0.15, 0.2) is 18.2 Å². The van der Waals surface area contributed by atoms with Crippen LogP contribution in [0.1, 0.15) is 38.7 Å². The van der Waals surface area contributed by atoms with Crippen molar-refractivity contribution in [1.82, 2.24) is 0 Å². The smallest absolute Gasteiger partial charge is 0.142 e. The highest BCUT2D eigenvalue weighted by molar-refractivity contribution is 5.63. The van der Waals surface area contributed by atoms with Crippen LogP contribution in [-0.4, -0.2) is 13.2 Å². The highest BCUT2D eigenvalue weighted by Crippen LogP contribution is 2.32. The number of ether oxygens (including phenoxy) is 1. The number of anilines is 1. The lowest BCUT2D eigenvalue weighted by molar-refractivity contribution is 0.241. The van der Waals surface area contributed by atoms with Gasteiger partial charge in [-0.3, -0.25) is 0 Å². The Hall–Kier alpha value is -1.18. The third-order valence-electron chi connectivity index (χ3n) is 3.67. The predicted octanol–water partition coefficient (Wildman–Crippen LogP) is 3.86. The number of rotatable bonds is 5. The topological polar surface area (TPSA) is 21.3 Å². The fourth-order valence-electron chi connectivity index (χ4n) is 2.33. The standard InChI is InChI=1S/C15H23NO/c1-3-12(4-2)11-17-14-9-5-7-13-8-6-10-16-15(13)14/h5,7,9,12,16H,3-4,6,8,10-11H2,1-2H3. The van der Waals surface area contributed by atoms with Crippen LogP contribution in [0.2, 0.25) is 0 Å². The van der Waals surface area contributed by atoms with Crippen molar-refractivity contribution >= 4 is 5.69 Å². The normalized spacial score (nSPS) is 14.3. The summed E-state index contributed by atoms with van der Waals surface area (Å²) < 4.78 is 5.99. The van der Waals surface area contributed by atoms with Crippen molar-refractivity contribution in [2.24, 2.45) is 5.92 Å². The zero-order valence-electron chi connectivity index (χ0n) is 11.0. The van der Waals surface area contributed by atoms with E-state index in [0.29, 0.717) is 5.92 Å². The van der Waals surface area contributed by atoms with Gasteiger partial charge in [-0.1, -0.05) is 38.8 Å². The van der Waals surface area contributed by atoms with Crippen LogP contribution in [0.5, 0.6) is 5.75 Å². The highest BCUT2D eigenvalue weighted by atomic mass is 16.5. The van der Waals surface area contributed by atoms with E-state index in [-0.39, 0.29) is 0 Å². The SMILES string of the molecule is CCC(CC)COc1cccc2c1NCCC2. The lowest BCUT2D eigenvalue weighted by atomic mass is 10.0. The molecule has 0 unspecified atom stereocenters. The number of benzene rings is 1. The second-order valence-electron chi connectivity index (χ2n) is 4.81. The highest BCUT2D eigenvalue weighted by Gasteiger charge is 2.14. The molecule has 1 aliphatic rings. The van der Waals surface area contributed by atoms with Gasteiger partial charge < -0.3 is 10.1 Å². The van der Waals surface area contributed by atoms with Crippen LogP contribution in [0.3, 0.4) is 0 Å². The van der Waals surface area contributed by atoms with Gasteiger partial charge in [-0.05, 0) is 30.4 Å². The van der Waals surface area contributed by atoms with Gasteiger partial charge in [-0.15, -0.1) is 0 Å². The molecule has 1 aliphatic heterocycles. The summed E-state index contributed by atoms with van der Waals surface area (Å²) in [6.45, 7) is 6.37. The van der Waals surface area contributed by atoms with Crippen LogP contribution < -0.4 is 10.1 Å². The quantitative estimate of drug-likeness (QED) is 0.833. The fourth-order valence-corrected chi connectivity index (χ4v) is 2.33. The van der Waals surface area contributed by atoms with E-state index in [1.54, 1.807) is 0 Å². The van der Waals surface area contributed by atoms with Crippen LogP contribution in [-0.2, 0) is 6.42 Å². The Morgan fingerprint density at radius 3 is 2.88 bits per heavy atom. The molecule has 0 atom stereocenters. The molecule has 0 aromatic heterocycles. The van der Waals surface area contributed by atoms with E-state index >= 15 is 0 Å². The summed E-state index contributed by atoms with van der Waals surface area (Å²) in [5, 5.41) is 3.47. The Bertz CT molecular complexity index is 358. The van der Waals surface area contributed by atoms with Gasteiger partial charge in [0.25, 0.3) is 0 Å². The van der Waals surface area contributed by atoms with E-state index < -0.39 is 0 Å². The first-order valence-electron chi connectivity index (χ1n) is 6.83. The van der Waals surface area contributed by atoms with Gasteiger partial charge >= 0.3 is 0 Å². The number of nitrogens with one attached hydrogen (secondary N) is 1. The van der Waals surface area contributed by atoms with Gasteiger partial charge in [0.2, 0.25) is 0 Å². The van der Waals surface area contributed by atoms with E-state index in [9.17, 15) is 0 Å². The van der Waals surface area contributed by atoms with E-state index in [4.69, 9.17) is 4.74 Å². The molecule has 0 amide bonds. The maximum Gasteiger partial charge on any atom is 0.142 e. The Morgan fingerprint density at radius 1 is 1.29 bits per heavy atom. The van der Waals surface area contributed by atoms with Crippen LogP contribution in [0, 0.1) is 5.92 Å². The van der Waals surface area contributed by atoms with Crippen molar-refractivity contribution in [3.05, 3.63) is 23.8 Å². The Balaban J connectivity index is 2.05. The Morgan fingerprint density at radius 2 is 2.12 bits per heavy atom. The summed E-state index contributed by atoms with van der Waals surface area (Å²) in [6, 6.07) is 6.39. The van der Waals surface area contributed by atoms with Gasteiger partial charge in [-0.25, -0.2) is 0 Å². The lowest BCUT2D eigenvalue weighted by Gasteiger charge is -2.22. The molecule has 1 aromatic carbocycles. The minimum atomic E-state index is 0.675. The second-order valence-corrected chi connectivity index (χ2v) is 4.81. The zero-order valence-corrected chi connectivity index (χ0v) is 11.0. The fraction of sp³-hybridized carbons (Fsp3) is 0.600. The molecule has 2 nitrogen and oxygen atoms in total. The summed E-state index contributed by atoms with van der Waals surface area (Å²) in [5.74, 6) is 1.71. The maximum absolute atomic E-state index is 5.99. The molecule has 0 bridgehead atoms. The lowest BCUT2D eigenvalue weighted by Crippen LogP contribution is -2.15. The molecule has 0 radical (unpaired) electrons. The van der Waals surface area contributed by atoms with E-state index in [1.165, 1.54) is 36.9 Å². The van der Waals surface area contributed by atoms with Gasteiger partial charge in [-0.2, -0.15) is 0 Å². The molecule has 0 saturated heterocycles. The van der Waals surface area contributed by atoms with Crippen molar-refractivity contribution in [3.63, 3.8) is 0 Å². The summed E-state index contributed by atoms with van der Waals surface area (Å²) in [5.41, 5.74) is 2.63. The van der Waals surface area contributed by atoms with Crippen molar-refractivity contribution in [2.45, 2.75) is 39.5 Å². The summed E-state index contributed by atoms with van der Waals surface area (Å²) in [7, 11) is 0. The zero-order chi connectivity index (χ0) is 12.1. The molecule has 0 fully saturated rings. The molecular formula is C15H23NO. The van der Waals surface area contributed by atoms with Crippen molar-refractivity contribution in [2.75, 3.05) is 18.5 Å². The Labute approximate surface area is 104 Å². The van der Waals surface area contributed by atoms with Gasteiger partial charge in [0.05, 0.1) is 12.3 Å². The molecule has 2 rings (SSSR count). The van der Waals surface area contributed by atoms with E-state index in [0.717, 1.165) is 18.9 Å². The molecule has 1 N–H and O–H groups in total. The molecule has 1 aromatic rings. The number of hydrogen-bond acceptors (Lipinski definition) is 2. The minimum Gasteiger partial charge on any atom is -0.491 e. The molecule has 0 spiro atoms. The number of hydrogen-bond donors (Lipinski definition) is 1. The number of para-hydroxylation sites is 1. The summed E-state index contributed by atoms with van der Waals surface area (Å²) in [4.78, 5) is 0. The first-order chi connectivity index (χ1) is 8.35. The molecule has 1 heterocycles. The van der Waals surface area contributed by atoms with Gasteiger partial charge in [0.1, 0.15) is 5.75 Å². The first kappa shape index (κ1) is 12.3. The number of fused-ring (bicyclic) bond motifs is 1. The van der Waals surface area contributed by atoms with Crippen molar-refractivity contribution in [1.29, 1.82) is 0 Å². The molecule has 17 heavy (non-hydrogen) atoms. The van der Waals surface area contributed by atoms with E-state index in [2.05, 4.69) is 37.4 Å². The third kappa shape index (κ3) is 2.93. The molecule has 2 heteroatoms. The molecule has 0 aliphatic carbocycles. The molecule has 0 saturated carbocycles. The second kappa shape index (κ2) is 5.95. The molecular weight excluding hydrogens is 210 g/mol. The van der Waals surface area contributed by atoms with Gasteiger partial charge in [0, 0.05) is 6.54 Å². The van der Waals surface area contributed by atoms with Crippen LogP contribution in [0.4, 0.5) is 5.69 Å². The first-order valence-corrected chi connectivity index (χ1v) is 6.83.